The molecule has 0 spiro atoms. The first kappa shape index (κ1) is 20.9. The van der Waals surface area contributed by atoms with Crippen molar-refractivity contribution in [1.29, 1.82) is 0 Å². The predicted molar refractivity (Wildman–Crippen MR) is 123 cm³/mol. The molecule has 8 heteroatoms. The van der Waals surface area contributed by atoms with Crippen LogP contribution < -0.4 is 10.6 Å². The Bertz CT molecular complexity index is 1160. The molecule has 0 aliphatic carbocycles. The van der Waals surface area contributed by atoms with Gasteiger partial charge in [0.1, 0.15) is 0 Å². The van der Waals surface area contributed by atoms with Crippen molar-refractivity contribution in [3.05, 3.63) is 84.4 Å². The number of nitrogens with zero attached hydrogens (tertiary/aromatic N) is 4. The van der Waals surface area contributed by atoms with E-state index in [-0.39, 0.29) is 18.0 Å². The Hall–Kier alpha value is -3.39. The van der Waals surface area contributed by atoms with Crippen LogP contribution >= 0.6 is 11.8 Å². The van der Waals surface area contributed by atoms with Crippen LogP contribution in [0, 0.1) is 5.92 Å². The Kier molecular flexibility index (Phi) is 6.47. The van der Waals surface area contributed by atoms with Crippen LogP contribution in [0.25, 0.3) is 5.65 Å². The lowest BCUT2D eigenvalue weighted by Gasteiger charge is -2.21. The number of amides is 2. The minimum absolute atomic E-state index is 0.138. The van der Waals surface area contributed by atoms with E-state index in [4.69, 9.17) is 0 Å². The molecule has 3 heterocycles. The predicted octanol–water partition coefficient (Wildman–Crippen LogP) is 4.94. The summed E-state index contributed by atoms with van der Waals surface area (Å²) in [6.45, 7) is 4.09. The van der Waals surface area contributed by atoms with Gasteiger partial charge in [-0.25, -0.2) is 9.78 Å². The highest BCUT2D eigenvalue weighted by molar-refractivity contribution is 7.98. The number of carbonyl (C=O) groups excluding carboxylic acids is 1. The molecule has 2 N–H and O–H groups in total. The number of anilines is 1. The van der Waals surface area contributed by atoms with Crippen molar-refractivity contribution < 1.29 is 4.79 Å². The fourth-order valence-corrected chi connectivity index (χ4v) is 4.04. The number of hydrogen-bond acceptors (Lipinski definition) is 5. The molecule has 0 fully saturated rings. The number of rotatable bonds is 7. The summed E-state index contributed by atoms with van der Waals surface area (Å²) in [5, 5.41) is 15.5. The third-order valence-electron chi connectivity index (χ3n) is 4.78. The van der Waals surface area contributed by atoms with Gasteiger partial charge in [0.15, 0.2) is 11.5 Å². The van der Waals surface area contributed by atoms with Crippen molar-refractivity contribution in [2.45, 2.75) is 30.7 Å². The Labute approximate surface area is 185 Å². The first-order valence-electron chi connectivity index (χ1n) is 10.1. The maximum atomic E-state index is 12.8. The van der Waals surface area contributed by atoms with E-state index < -0.39 is 0 Å². The molecule has 1 atom stereocenters. The molecular weight excluding hydrogens is 408 g/mol. The van der Waals surface area contributed by atoms with E-state index in [2.05, 4.69) is 25.8 Å². The molecule has 0 saturated heterocycles. The van der Waals surface area contributed by atoms with E-state index >= 15 is 0 Å². The van der Waals surface area contributed by atoms with E-state index in [0.717, 1.165) is 27.7 Å². The molecule has 0 radical (unpaired) electrons. The summed E-state index contributed by atoms with van der Waals surface area (Å²) in [6.07, 6.45) is 3.69. The maximum absolute atomic E-state index is 12.8. The molecule has 158 valence electrons. The van der Waals surface area contributed by atoms with Gasteiger partial charge < -0.3 is 10.6 Å². The highest BCUT2D eigenvalue weighted by Gasteiger charge is 2.23. The van der Waals surface area contributed by atoms with Gasteiger partial charge in [-0.1, -0.05) is 38.1 Å². The van der Waals surface area contributed by atoms with Gasteiger partial charge in [-0.15, -0.1) is 22.0 Å². The van der Waals surface area contributed by atoms with Crippen molar-refractivity contribution in [3.63, 3.8) is 0 Å². The van der Waals surface area contributed by atoms with Crippen molar-refractivity contribution in [2.24, 2.45) is 5.92 Å². The number of pyridine rings is 2. The van der Waals surface area contributed by atoms with Crippen LogP contribution in [0.4, 0.5) is 10.5 Å². The van der Waals surface area contributed by atoms with Crippen LogP contribution in [0.15, 0.2) is 78.1 Å². The van der Waals surface area contributed by atoms with Crippen molar-refractivity contribution in [2.75, 3.05) is 5.32 Å². The van der Waals surface area contributed by atoms with E-state index in [1.54, 1.807) is 18.0 Å². The number of benzene rings is 1. The molecule has 1 aromatic carbocycles. The number of carbonyl (C=O) groups is 1. The number of fused-ring (bicyclic) bond motifs is 1. The van der Waals surface area contributed by atoms with Gasteiger partial charge >= 0.3 is 6.03 Å². The summed E-state index contributed by atoms with van der Waals surface area (Å²) in [4.78, 5) is 17.1. The quantitative estimate of drug-likeness (QED) is 0.404. The molecule has 2 amide bonds. The third-order valence-corrected chi connectivity index (χ3v) is 5.80. The minimum Gasteiger partial charge on any atom is -0.328 e. The van der Waals surface area contributed by atoms with Gasteiger partial charge in [-0.05, 0) is 47.9 Å². The number of aromatic nitrogens is 4. The Morgan fingerprint density at radius 3 is 2.74 bits per heavy atom. The Morgan fingerprint density at radius 1 is 1.06 bits per heavy atom. The van der Waals surface area contributed by atoms with Gasteiger partial charge in [0.2, 0.25) is 0 Å². The minimum atomic E-state index is -0.278. The van der Waals surface area contributed by atoms with Gasteiger partial charge in [-0.2, -0.15) is 0 Å². The third kappa shape index (κ3) is 5.21. The van der Waals surface area contributed by atoms with E-state index in [9.17, 15) is 4.79 Å². The van der Waals surface area contributed by atoms with Crippen molar-refractivity contribution in [1.82, 2.24) is 24.9 Å². The molecule has 3 aromatic heterocycles. The summed E-state index contributed by atoms with van der Waals surface area (Å²) in [5.41, 5.74) is 2.60. The fourth-order valence-electron chi connectivity index (χ4n) is 3.24. The summed E-state index contributed by atoms with van der Waals surface area (Å²) in [5.74, 6) is 1.62. The second-order valence-electron chi connectivity index (χ2n) is 7.46. The van der Waals surface area contributed by atoms with E-state index in [0.29, 0.717) is 5.82 Å². The molecule has 0 bridgehead atoms. The van der Waals surface area contributed by atoms with Crippen LogP contribution in [0.5, 0.6) is 0 Å². The molecule has 31 heavy (non-hydrogen) atoms. The fraction of sp³-hybridized carbons (Fsp3) is 0.217. The van der Waals surface area contributed by atoms with Crippen LogP contribution in [0.2, 0.25) is 0 Å². The summed E-state index contributed by atoms with van der Waals surface area (Å²) in [6, 6.07) is 18.9. The molecule has 4 rings (SSSR count). The number of hydrogen-bond donors (Lipinski definition) is 2. The Balaban J connectivity index is 1.42. The lowest BCUT2D eigenvalue weighted by molar-refractivity contribution is 0.243. The largest absolute Gasteiger partial charge is 0.328 e. The number of nitrogens with one attached hydrogen (secondary N) is 2. The summed E-state index contributed by atoms with van der Waals surface area (Å²) < 4.78 is 1.90. The van der Waals surface area contributed by atoms with Crippen LogP contribution in [0.3, 0.4) is 0 Å². The molecular formula is C23H24N6OS. The SMILES string of the molecule is CC(C)C(NC(=O)Nc1cccc(CSc2ccccn2)c1)c1nnc2ccccn12. The van der Waals surface area contributed by atoms with E-state index in [1.807, 2.05) is 85.1 Å². The Morgan fingerprint density at radius 2 is 1.94 bits per heavy atom. The lowest BCUT2D eigenvalue weighted by Crippen LogP contribution is -2.36. The zero-order valence-electron chi connectivity index (χ0n) is 17.4. The standard InChI is InChI=1S/C23H24N6OS/c1-16(2)21(22-28-27-19-10-4-6-13-29(19)22)26-23(30)25-18-9-7-8-17(14-18)15-31-20-11-3-5-12-24-20/h3-14,16,21H,15H2,1-2H3,(H2,25,26,30). The first-order valence-corrected chi connectivity index (χ1v) is 11.1. The molecule has 0 aliphatic rings. The summed E-state index contributed by atoms with van der Waals surface area (Å²) in [7, 11) is 0. The number of thioether (sulfide) groups is 1. The maximum Gasteiger partial charge on any atom is 0.319 e. The zero-order valence-corrected chi connectivity index (χ0v) is 18.2. The molecule has 4 aromatic rings. The summed E-state index contributed by atoms with van der Waals surface area (Å²) >= 11 is 1.66. The van der Waals surface area contributed by atoms with Crippen LogP contribution in [0.1, 0.15) is 31.3 Å². The topological polar surface area (TPSA) is 84.2 Å². The lowest BCUT2D eigenvalue weighted by atomic mass is 10.0. The highest BCUT2D eigenvalue weighted by atomic mass is 32.2. The smallest absolute Gasteiger partial charge is 0.319 e. The second kappa shape index (κ2) is 9.61. The van der Waals surface area contributed by atoms with Crippen LogP contribution in [-0.2, 0) is 5.75 Å². The second-order valence-corrected chi connectivity index (χ2v) is 8.46. The average Bonchev–Trinajstić information content (AvgIpc) is 3.21. The van der Waals surface area contributed by atoms with Gasteiger partial charge in [-0.3, -0.25) is 4.40 Å². The van der Waals surface area contributed by atoms with Gasteiger partial charge in [0.05, 0.1) is 11.1 Å². The van der Waals surface area contributed by atoms with Crippen molar-refractivity contribution in [3.8, 4) is 0 Å². The molecule has 7 nitrogen and oxygen atoms in total. The van der Waals surface area contributed by atoms with E-state index in [1.165, 1.54) is 0 Å². The van der Waals surface area contributed by atoms with Crippen LogP contribution in [-0.4, -0.2) is 25.6 Å². The van der Waals surface area contributed by atoms with Gasteiger partial charge in [0, 0.05) is 23.8 Å². The van der Waals surface area contributed by atoms with Gasteiger partial charge in [0.25, 0.3) is 0 Å². The first-order chi connectivity index (χ1) is 15.1. The average molecular weight is 433 g/mol. The monoisotopic (exact) mass is 432 g/mol. The molecule has 0 saturated carbocycles. The molecule has 1 unspecified atom stereocenters. The molecule has 0 aliphatic heterocycles. The van der Waals surface area contributed by atoms with Crippen molar-refractivity contribution >= 4 is 29.1 Å². The number of urea groups is 1. The highest BCUT2D eigenvalue weighted by Crippen LogP contribution is 2.23. The normalized spacial score (nSPS) is 12.1. The zero-order chi connectivity index (χ0) is 21.6.